The minimum atomic E-state index is 0.0299. The summed E-state index contributed by atoms with van der Waals surface area (Å²) in [6.45, 7) is 5.31. The van der Waals surface area contributed by atoms with Crippen LogP contribution >= 0.6 is 12.2 Å². The fraction of sp³-hybridized carbons (Fsp3) is 0.304. The molecule has 1 saturated heterocycles. The minimum absolute atomic E-state index is 0.0299. The second kappa shape index (κ2) is 8.15. The number of nitrogens with zero attached hydrogens (tertiary/aromatic N) is 3. The first-order valence-corrected chi connectivity index (χ1v) is 10.3. The van der Waals surface area contributed by atoms with E-state index in [0.29, 0.717) is 0 Å². The van der Waals surface area contributed by atoms with Crippen LogP contribution in [0.25, 0.3) is 5.69 Å². The Balaban J connectivity index is 1.82. The van der Waals surface area contributed by atoms with Crippen molar-refractivity contribution in [3.8, 4) is 5.69 Å². The highest BCUT2D eigenvalue weighted by atomic mass is 32.1. The molecule has 0 unspecified atom stereocenters. The van der Waals surface area contributed by atoms with E-state index in [0.717, 1.165) is 30.2 Å². The Morgan fingerprint density at radius 3 is 2.54 bits per heavy atom. The number of para-hydroxylation sites is 1. The quantitative estimate of drug-likeness (QED) is 0.604. The predicted molar refractivity (Wildman–Crippen MR) is 118 cm³/mol. The van der Waals surface area contributed by atoms with E-state index in [2.05, 4.69) is 82.1 Å². The molecule has 4 nitrogen and oxygen atoms in total. The molecule has 1 fully saturated rings. The molecule has 0 amide bonds. The molecule has 5 heteroatoms. The number of pyridine rings is 1. The van der Waals surface area contributed by atoms with Gasteiger partial charge in [-0.2, -0.15) is 0 Å². The molecule has 1 aromatic carbocycles. The normalized spacial score (nSPS) is 19.1. The Labute approximate surface area is 172 Å². The van der Waals surface area contributed by atoms with Gasteiger partial charge in [0.15, 0.2) is 5.11 Å². The maximum Gasteiger partial charge on any atom is 0.170 e. The summed E-state index contributed by atoms with van der Waals surface area (Å²) in [4.78, 5) is 6.98. The Morgan fingerprint density at radius 1 is 1.04 bits per heavy atom. The molecule has 1 aliphatic rings. The summed E-state index contributed by atoms with van der Waals surface area (Å²) in [5.74, 6) is 0. The lowest BCUT2D eigenvalue weighted by Gasteiger charge is -2.29. The lowest BCUT2D eigenvalue weighted by atomic mass is 10.0. The number of nitrogens with one attached hydrogen (secondary N) is 1. The summed E-state index contributed by atoms with van der Waals surface area (Å²) in [6.07, 6.45) is 4.10. The van der Waals surface area contributed by atoms with Gasteiger partial charge in [-0.05, 0) is 62.0 Å². The lowest BCUT2D eigenvalue weighted by Crippen LogP contribution is -2.31. The molecule has 0 radical (unpaired) electrons. The fourth-order valence-electron chi connectivity index (χ4n) is 4.02. The molecule has 2 atom stereocenters. The first-order chi connectivity index (χ1) is 13.7. The zero-order valence-electron chi connectivity index (χ0n) is 16.4. The lowest BCUT2D eigenvalue weighted by molar-refractivity contribution is 0.304. The van der Waals surface area contributed by atoms with Gasteiger partial charge in [-0.15, -0.1) is 0 Å². The zero-order chi connectivity index (χ0) is 19.5. The highest BCUT2D eigenvalue weighted by Gasteiger charge is 2.41. The second-order valence-electron chi connectivity index (χ2n) is 7.24. The molecule has 0 spiro atoms. The van der Waals surface area contributed by atoms with Crippen molar-refractivity contribution in [3.63, 3.8) is 0 Å². The average molecular weight is 391 g/mol. The van der Waals surface area contributed by atoms with Crippen molar-refractivity contribution in [2.24, 2.45) is 0 Å². The van der Waals surface area contributed by atoms with Crippen molar-refractivity contribution < 1.29 is 0 Å². The number of unbranched alkanes of at least 4 members (excludes halogenated alkanes) is 1. The van der Waals surface area contributed by atoms with E-state index in [-0.39, 0.29) is 12.1 Å². The molecule has 4 rings (SSSR count). The Hall–Kier alpha value is -2.66. The summed E-state index contributed by atoms with van der Waals surface area (Å²) in [7, 11) is 0. The summed E-state index contributed by atoms with van der Waals surface area (Å²) in [6, 6.07) is 21.2. The molecule has 1 aliphatic heterocycles. The number of hydrogen-bond donors (Lipinski definition) is 1. The molecule has 2 aromatic heterocycles. The van der Waals surface area contributed by atoms with Gasteiger partial charge >= 0.3 is 0 Å². The maximum absolute atomic E-state index is 5.75. The van der Waals surface area contributed by atoms with E-state index in [1.807, 2.05) is 18.3 Å². The molecule has 144 valence electrons. The number of thiocarbonyl (C=S) groups is 1. The van der Waals surface area contributed by atoms with E-state index in [4.69, 9.17) is 12.2 Å². The Bertz CT molecular complexity index is 936. The van der Waals surface area contributed by atoms with Gasteiger partial charge in [-0.25, -0.2) is 0 Å². The second-order valence-corrected chi connectivity index (χ2v) is 7.63. The van der Waals surface area contributed by atoms with Crippen LogP contribution in [-0.2, 0) is 0 Å². The smallest absolute Gasteiger partial charge is 0.170 e. The van der Waals surface area contributed by atoms with Crippen LogP contribution in [0.3, 0.4) is 0 Å². The number of aromatic nitrogens is 2. The molecule has 0 saturated carbocycles. The van der Waals surface area contributed by atoms with Crippen LogP contribution in [0.15, 0.2) is 66.9 Å². The monoisotopic (exact) mass is 390 g/mol. The van der Waals surface area contributed by atoms with Crippen molar-refractivity contribution in [1.82, 2.24) is 19.8 Å². The standard InChI is InChI=1S/C23H26N4S/c1-3-4-16-26-22(21(25-23(26)28)19-12-8-9-15-24-19)20-14-13-17(2)27(20)18-10-6-5-7-11-18/h5-15,21-22H,3-4,16H2,1-2H3,(H,25,28)/t21-,22-/m0/s1. The van der Waals surface area contributed by atoms with Crippen molar-refractivity contribution in [2.45, 2.75) is 38.8 Å². The summed E-state index contributed by atoms with van der Waals surface area (Å²) in [5.41, 5.74) is 4.65. The van der Waals surface area contributed by atoms with Gasteiger partial charge in [0.25, 0.3) is 0 Å². The SMILES string of the molecule is CCCCN1C(=S)N[C@@H](c2ccccn2)[C@@H]1c1ccc(C)n1-c1ccccc1. The summed E-state index contributed by atoms with van der Waals surface area (Å²) < 4.78 is 2.34. The van der Waals surface area contributed by atoms with Crippen LogP contribution in [0, 0.1) is 6.92 Å². The van der Waals surface area contributed by atoms with Gasteiger partial charge in [0.05, 0.1) is 17.8 Å². The van der Waals surface area contributed by atoms with Crippen LogP contribution < -0.4 is 5.32 Å². The van der Waals surface area contributed by atoms with Crippen LogP contribution in [0.4, 0.5) is 0 Å². The first-order valence-electron chi connectivity index (χ1n) is 9.92. The van der Waals surface area contributed by atoms with Gasteiger partial charge in [-0.1, -0.05) is 37.6 Å². The van der Waals surface area contributed by atoms with Gasteiger partial charge in [-0.3, -0.25) is 4.98 Å². The Morgan fingerprint density at radius 2 is 1.82 bits per heavy atom. The van der Waals surface area contributed by atoms with E-state index in [1.165, 1.54) is 17.1 Å². The van der Waals surface area contributed by atoms with Crippen LogP contribution in [0.5, 0.6) is 0 Å². The molecule has 3 heterocycles. The third-order valence-electron chi connectivity index (χ3n) is 5.37. The maximum atomic E-state index is 5.75. The zero-order valence-corrected chi connectivity index (χ0v) is 17.2. The van der Waals surface area contributed by atoms with E-state index in [1.54, 1.807) is 0 Å². The number of hydrogen-bond acceptors (Lipinski definition) is 2. The van der Waals surface area contributed by atoms with Crippen molar-refractivity contribution in [2.75, 3.05) is 6.54 Å². The highest BCUT2D eigenvalue weighted by molar-refractivity contribution is 7.80. The molecule has 0 aliphatic carbocycles. The predicted octanol–water partition coefficient (Wildman–Crippen LogP) is 4.95. The molecule has 28 heavy (non-hydrogen) atoms. The molecule has 3 aromatic rings. The molecular weight excluding hydrogens is 364 g/mol. The van der Waals surface area contributed by atoms with Gasteiger partial charge < -0.3 is 14.8 Å². The van der Waals surface area contributed by atoms with E-state index in [9.17, 15) is 0 Å². The largest absolute Gasteiger partial charge is 0.352 e. The van der Waals surface area contributed by atoms with Crippen LogP contribution in [-0.4, -0.2) is 26.1 Å². The van der Waals surface area contributed by atoms with Crippen molar-refractivity contribution in [1.29, 1.82) is 0 Å². The average Bonchev–Trinajstić information content (AvgIpc) is 3.27. The first kappa shape index (κ1) is 18.7. The van der Waals surface area contributed by atoms with Crippen molar-refractivity contribution in [3.05, 3.63) is 83.9 Å². The molecule has 1 N–H and O–H groups in total. The minimum Gasteiger partial charge on any atom is -0.352 e. The molecule has 0 bridgehead atoms. The highest BCUT2D eigenvalue weighted by Crippen LogP contribution is 2.40. The summed E-state index contributed by atoms with van der Waals surface area (Å²) in [5, 5.41) is 4.36. The third-order valence-corrected chi connectivity index (χ3v) is 5.73. The van der Waals surface area contributed by atoms with Crippen molar-refractivity contribution >= 4 is 17.3 Å². The van der Waals surface area contributed by atoms with E-state index < -0.39 is 0 Å². The Kier molecular flexibility index (Phi) is 5.44. The van der Waals surface area contributed by atoms with Crippen LogP contribution in [0.2, 0.25) is 0 Å². The van der Waals surface area contributed by atoms with Gasteiger partial charge in [0.2, 0.25) is 0 Å². The fourth-order valence-corrected chi connectivity index (χ4v) is 4.35. The van der Waals surface area contributed by atoms with E-state index >= 15 is 0 Å². The number of benzene rings is 1. The number of aryl methyl sites for hydroxylation is 1. The summed E-state index contributed by atoms with van der Waals surface area (Å²) >= 11 is 5.75. The third kappa shape index (κ3) is 3.42. The topological polar surface area (TPSA) is 33.1 Å². The van der Waals surface area contributed by atoms with Gasteiger partial charge in [0.1, 0.15) is 0 Å². The van der Waals surface area contributed by atoms with Crippen LogP contribution in [0.1, 0.15) is 48.9 Å². The molecular formula is C23H26N4S. The van der Waals surface area contributed by atoms with Gasteiger partial charge in [0, 0.05) is 29.8 Å². The number of rotatable bonds is 6.